The summed E-state index contributed by atoms with van der Waals surface area (Å²) in [5.74, 6) is -1.16. The fourth-order valence-corrected chi connectivity index (χ4v) is 3.55. The Kier molecular flexibility index (Phi) is 5.20. The van der Waals surface area contributed by atoms with Crippen molar-refractivity contribution < 1.29 is 14.7 Å². The number of hydrogen-bond acceptors (Lipinski definition) is 3. The zero-order valence-corrected chi connectivity index (χ0v) is 14.7. The van der Waals surface area contributed by atoms with Crippen LogP contribution in [-0.2, 0) is 16.0 Å². The van der Waals surface area contributed by atoms with Gasteiger partial charge in [-0.25, -0.2) is 4.79 Å². The van der Waals surface area contributed by atoms with E-state index in [4.69, 9.17) is 16.9 Å². The summed E-state index contributed by atoms with van der Waals surface area (Å²) < 4.78 is 0. The van der Waals surface area contributed by atoms with Crippen molar-refractivity contribution in [2.75, 3.05) is 0 Å². The number of aliphatic carboxylic acids is 1. The number of hydrogen-bond donors (Lipinski definition) is 1. The lowest BCUT2D eigenvalue weighted by Crippen LogP contribution is -2.10. The molecule has 5 heteroatoms. The van der Waals surface area contributed by atoms with Crippen molar-refractivity contribution in [3.8, 4) is 17.2 Å². The Bertz CT molecular complexity index is 969. The summed E-state index contributed by atoms with van der Waals surface area (Å²) in [5.41, 5.74) is 3.58. The average molecular weight is 366 g/mol. The Labute approximate surface area is 156 Å². The molecule has 1 N–H and O–H groups in total. The number of allylic oxidation sites excluding steroid dienone is 1. The Morgan fingerprint density at radius 1 is 1.12 bits per heavy atom. The Balaban J connectivity index is 1.84. The molecule has 3 rings (SSSR count). The van der Waals surface area contributed by atoms with Gasteiger partial charge in [-0.2, -0.15) is 5.26 Å². The van der Waals surface area contributed by atoms with Crippen LogP contribution in [0.25, 0.3) is 11.1 Å². The third-order valence-corrected chi connectivity index (χ3v) is 4.83. The van der Waals surface area contributed by atoms with E-state index in [9.17, 15) is 14.7 Å². The zero-order chi connectivity index (χ0) is 18.7. The Morgan fingerprint density at radius 3 is 2.58 bits per heavy atom. The number of carboxylic acid groups (broad SMARTS) is 1. The smallest absolute Gasteiger partial charge is 0.331 e. The molecule has 2 aromatic carbocycles. The summed E-state index contributed by atoms with van der Waals surface area (Å²) in [7, 11) is 0. The van der Waals surface area contributed by atoms with Crippen LogP contribution in [0.15, 0.2) is 53.6 Å². The van der Waals surface area contributed by atoms with Crippen molar-refractivity contribution in [3.05, 3.63) is 69.8 Å². The lowest BCUT2D eigenvalue weighted by atomic mass is 9.97. The molecule has 0 atom stereocenters. The number of nitriles is 1. The molecule has 0 spiro atoms. The van der Waals surface area contributed by atoms with E-state index in [1.54, 1.807) is 24.3 Å². The average Bonchev–Trinajstić information content (AvgIpc) is 3.12. The lowest BCUT2D eigenvalue weighted by Gasteiger charge is -2.09. The molecule has 0 heterocycles. The maximum Gasteiger partial charge on any atom is 0.331 e. The number of rotatable bonds is 5. The molecule has 0 amide bonds. The minimum Gasteiger partial charge on any atom is -0.478 e. The number of Topliss-reactive ketones (excluding diaryl/α,β-unsaturated/α-hetero) is 1. The summed E-state index contributed by atoms with van der Waals surface area (Å²) >= 11 is 6.38. The van der Waals surface area contributed by atoms with Crippen LogP contribution in [0.2, 0.25) is 5.02 Å². The largest absolute Gasteiger partial charge is 0.478 e. The van der Waals surface area contributed by atoms with Crippen molar-refractivity contribution >= 4 is 23.4 Å². The molecular weight excluding hydrogens is 350 g/mol. The predicted octanol–water partition coefficient (Wildman–Crippen LogP) is 4.56. The molecule has 0 saturated carbocycles. The topological polar surface area (TPSA) is 78.2 Å². The highest BCUT2D eigenvalue weighted by atomic mass is 35.5. The molecule has 2 aromatic rings. The molecule has 130 valence electrons. The van der Waals surface area contributed by atoms with E-state index in [1.807, 2.05) is 18.2 Å². The van der Waals surface area contributed by atoms with Crippen LogP contribution in [0.1, 0.15) is 30.4 Å². The van der Waals surface area contributed by atoms with Crippen molar-refractivity contribution in [1.29, 1.82) is 5.26 Å². The highest BCUT2D eigenvalue weighted by Gasteiger charge is 2.25. The van der Waals surface area contributed by atoms with E-state index in [2.05, 4.69) is 6.07 Å². The van der Waals surface area contributed by atoms with Gasteiger partial charge in [0.05, 0.1) is 11.6 Å². The zero-order valence-electron chi connectivity index (χ0n) is 14.0. The second-order valence-corrected chi connectivity index (χ2v) is 6.63. The summed E-state index contributed by atoms with van der Waals surface area (Å²) in [5, 5.41) is 18.7. The van der Waals surface area contributed by atoms with E-state index >= 15 is 0 Å². The fourth-order valence-electron chi connectivity index (χ4n) is 3.24. The van der Waals surface area contributed by atoms with Crippen LogP contribution in [0.5, 0.6) is 0 Å². The Morgan fingerprint density at radius 2 is 1.88 bits per heavy atom. The maximum absolute atomic E-state index is 12.5. The first-order chi connectivity index (χ1) is 12.5. The van der Waals surface area contributed by atoms with Gasteiger partial charge in [0.15, 0.2) is 5.78 Å². The number of carboxylic acids is 1. The molecule has 1 aliphatic carbocycles. The second kappa shape index (κ2) is 7.55. The van der Waals surface area contributed by atoms with Gasteiger partial charge >= 0.3 is 5.97 Å². The molecule has 0 bridgehead atoms. The molecule has 26 heavy (non-hydrogen) atoms. The third-order valence-electron chi connectivity index (χ3n) is 4.51. The molecule has 0 unspecified atom stereocenters. The summed E-state index contributed by atoms with van der Waals surface area (Å²) in [6.07, 6.45) is 1.81. The summed E-state index contributed by atoms with van der Waals surface area (Å²) in [4.78, 5) is 23.7. The van der Waals surface area contributed by atoms with Crippen LogP contribution in [0.4, 0.5) is 0 Å². The molecular formula is C21H16ClNO3. The van der Waals surface area contributed by atoms with Crippen LogP contribution in [0, 0.1) is 11.3 Å². The molecule has 0 aliphatic heterocycles. The minimum absolute atomic E-state index is 0.129. The van der Waals surface area contributed by atoms with Crippen molar-refractivity contribution in [2.24, 2.45) is 0 Å². The maximum atomic E-state index is 12.5. The second-order valence-electron chi connectivity index (χ2n) is 6.22. The quantitative estimate of drug-likeness (QED) is 0.842. The Hall–Kier alpha value is -2.90. The fraction of sp³-hybridized carbons (Fsp3) is 0.190. The predicted molar refractivity (Wildman–Crippen MR) is 98.8 cm³/mol. The van der Waals surface area contributed by atoms with E-state index in [1.165, 1.54) is 0 Å². The van der Waals surface area contributed by atoms with E-state index in [-0.39, 0.29) is 17.8 Å². The van der Waals surface area contributed by atoms with Crippen molar-refractivity contribution in [1.82, 2.24) is 0 Å². The van der Waals surface area contributed by atoms with Gasteiger partial charge < -0.3 is 5.11 Å². The molecule has 0 saturated heterocycles. The molecule has 4 nitrogen and oxygen atoms in total. The van der Waals surface area contributed by atoms with Crippen LogP contribution >= 0.6 is 11.6 Å². The van der Waals surface area contributed by atoms with Crippen LogP contribution in [-0.4, -0.2) is 16.9 Å². The number of halogens is 1. The van der Waals surface area contributed by atoms with E-state index in [0.29, 0.717) is 35.4 Å². The first-order valence-electron chi connectivity index (χ1n) is 8.27. The lowest BCUT2D eigenvalue weighted by molar-refractivity contribution is -0.133. The van der Waals surface area contributed by atoms with Gasteiger partial charge in [-0.3, -0.25) is 4.79 Å². The monoisotopic (exact) mass is 365 g/mol. The number of carbonyl (C=O) groups excluding carboxylic acids is 1. The van der Waals surface area contributed by atoms with Gasteiger partial charge in [-0.05, 0) is 48.6 Å². The van der Waals surface area contributed by atoms with Crippen molar-refractivity contribution in [3.63, 3.8) is 0 Å². The first kappa shape index (κ1) is 17.9. The number of ketones is 1. The normalized spacial score (nSPS) is 13.5. The van der Waals surface area contributed by atoms with Crippen LogP contribution in [0.3, 0.4) is 0 Å². The van der Waals surface area contributed by atoms with Gasteiger partial charge in [0.1, 0.15) is 0 Å². The number of carbonyl (C=O) groups is 2. The van der Waals surface area contributed by atoms with Gasteiger partial charge in [0.25, 0.3) is 0 Å². The molecule has 0 fully saturated rings. The molecule has 0 radical (unpaired) electrons. The molecule has 0 aromatic heterocycles. The summed E-state index contributed by atoms with van der Waals surface area (Å²) in [6, 6.07) is 14.6. The van der Waals surface area contributed by atoms with Gasteiger partial charge in [0.2, 0.25) is 0 Å². The minimum atomic E-state index is -1.00. The van der Waals surface area contributed by atoms with E-state index < -0.39 is 5.97 Å². The third kappa shape index (κ3) is 3.68. The summed E-state index contributed by atoms with van der Waals surface area (Å²) in [6.45, 7) is 0. The molecule has 1 aliphatic rings. The highest BCUT2D eigenvalue weighted by Crippen LogP contribution is 2.31. The van der Waals surface area contributed by atoms with Gasteiger partial charge in [0, 0.05) is 28.2 Å². The van der Waals surface area contributed by atoms with Crippen LogP contribution < -0.4 is 0 Å². The first-order valence-corrected chi connectivity index (χ1v) is 8.65. The number of nitrogens with zero attached hydrogens (tertiary/aromatic N) is 1. The van der Waals surface area contributed by atoms with E-state index in [0.717, 1.165) is 16.7 Å². The highest BCUT2D eigenvalue weighted by molar-refractivity contribution is 6.33. The van der Waals surface area contributed by atoms with Gasteiger partial charge in [-0.1, -0.05) is 35.9 Å². The van der Waals surface area contributed by atoms with Crippen molar-refractivity contribution in [2.45, 2.75) is 25.7 Å². The standard InChI is InChI=1S/C21H16ClNO3/c22-19-10-13(11-20(24)17-5-2-6-18(17)21(25)26)7-8-16(19)15-4-1-3-14(9-15)12-23/h1,3-4,7-10H,2,5-6,11H2,(H,25,26). The van der Waals surface area contributed by atoms with Gasteiger partial charge in [-0.15, -0.1) is 0 Å². The number of benzene rings is 2. The SMILES string of the molecule is N#Cc1cccc(-c2ccc(CC(=O)C3=C(C(=O)O)CCC3)cc2Cl)c1.